The number of rotatable bonds is 8. The number of ketones is 2. The lowest BCUT2D eigenvalue weighted by atomic mass is 9.64. The quantitative estimate of drug-likeness (QED) is 0.481. The molecular weight excluding hydrogens is 508 g/mol. The molecule has 0 radical (unpaired) electrons. The van der Waals surface area contributed by atoms with Crippen LogP contribution in [0, 0.1) is 0 Å². The molecule has 3 rings (SSSR count). The number of carbonyl (C=O) groups excluding carboxylic acids is 4. The largest absolute Gasteiger partial charge is 0.545 e. The summed E-state index contributed by atoms with van der Waals surface area (Å²) >= 11 is 0. The third-order valence-corrected chi connectivity index (χ3v) is 9.21. The highest BCUT2D eigenvalue weighted by Crippen LogP contribution is 2.52. The van der Waals surface area contributed by atoms with Crippen molar-refractivity contribution in [3.63, 3.8) is 0 Å². The highest BCUT2D eigenvalue weighted by atomic mass is 16.4. The second kappa shape index (κ2) is 10.7. The van der Waals surface area contributed by atoms with Crippen molar-refractivity contribution in [2.45, 2.75) is 129 Å². The standard InChI is InChI=1S/C32H48N2O6/c1-19(35)17-33-29(3,4)13-21(14-30(33,5)6)25-23(27(37)38)11-12-24(28(39)40)26(25)22-15-31(7,8)34(18-20(2)36)32(9,10)16-22/h11-12,21-22H,13-18H2,1-10H3,(H,37,38)(H,39,40)/p-2. The van der Waals surface area contributed by atoms with Crippen molar-refractivity contribution in [3.8, 4) is 0 Å². The second-order valence-corrected chi connectivity index (χ2v) is 14.6. The maximum Gasteiger partial charge on any atom is 0.143 e. The summed E-state index contributed by atoms with van der Waals surface area (Å²) in [5.41, 5.74) is -0.779. The number of piperidine rings is 2. The van der Waals surface area contributed by atoms with Gasteiger partial charge in [0, 0.05) is 33.3 Å². The number of carbonyl (C=O) groups is 4. The van der Waals surface area contributed by atoms with Crippen molar-refractivity contribution in [1.82, 2.24) is 9.80 Å². The lowest BCUT2D eigenvalue weighted by molar-refractivity contribution is -0.256. The minimum absolute atomic E-state index is 0.0124. The predicted octanol–water partition coefficient (Wildman–Crippen LogP) is 3.06. The molecule has 40 heavy (non-hydrogen) atoms. The van der Waals surface area contributed by atoms with Gasteiger partial charge in [0.1, 0.15) is 11.6 Å². The van der Waals surface area contributed by atoms with Crippen LogP contribution in [0.3, 0.4) is 0 Å². The number of likely N-dealkylation sites (tertiary alicyclic amines) is 2. The molecule has 1 aromatic rings. The molecule has 0 atom stereocenters. The average Bonchev–Trinajstić information content (AvgIpc) is 2.76. The van der Waals surface area contributed by atoms with E-state index in [0.717, 1.165) is 0 Å². The zero-order valence-corrected chi connectivity index (χ0v) is 25.9. The summed E-state index contributed by atoms with van der Waals surface area (Å²) in [6, 6.07) is 2.70. The maximum atomic E-state index is 12.6. The van der Waals surface area contributed by atoms with E-state index in [2.05, 4.69) is 65.2 Å². The van der Waals surface area contributed by atoms with Crippen LogP contribution in [0.15, 0.2) is 12.1 Å². The Hall–Kier alpha value is -2.58. The molecule has 8 heteroatoms. The van der Waals surface area contributed by atoms with Crippen molar-refractivity contribution in [1.29, 1.82) is 0 Å². The summed E-state index contributed by atoms with van der Waals surface area (Å²) < 4.78 is 0. The first-order valence-corrected chi connectivity index (χ1v) is 14.2. The van der Waals surface area contributed by atoms with Gasteiger partial charge in [-0.25, -0.2) is 0 Å². The number of carboxylic acids is 2. The molecule has 0 saturated carbocycles. The van der Waals surface area contributed by atoms with Gasteiger partial charge < -0.3 is 19.8 Å². The molecule has 0 aliphatic carbocycles. The van der Waals surface area contributed by atoms with Crippen LogP contribution in [0.4, 0.5) is 0 Å². The Bertz CT molecular complexity index is 1080. The monoisotopic (exact) mass is 554 g/mol. The molecule has 0 bridgehead atoms. The van der Waals surface area contributed by atoms with Crippen molar-refractivity contribution < 1.29 is 29.4 Å². The summed E-state index contributed by atoms with van der Waals surface area (Å²) in [6.07, 6.45) is 2.18. The summed E-state index contributed by atoms with van der Waals surface area (Å²) in [5, 5.41) is 25.1. The van der Waals surface area contributed by atoms with Gasteiger partial charge in [0.05, 0.1) is 25.0 Å². The summed E-state index contributed by atoms with van der Waals surface area (Å²) in [7, 11) is 0. The van der Waals surface area contributed by atoms with Crippen LogP contribution in [0.2, 0.25) is 0 Å². The first kappa shape index (κ1) is 31.9. The predicted molar refractivity (Wildman–Crippen MR) is 150 cm³/mol. The van der Waals surface area contributed by atoms with Gasteiger partial charge in [0.25, 0.3) is 0 Å². The van der Waals surface area contributed by atoms with Gasteiger partial charge in [0.2, 0.25) is 0 Å². The number of hydrogen-bond donors (Lipinski definition) is 0. The molecule has 2 aliphatic heterocycles. The molecule has 0 aromatic heterocycles. The van der Waals surface area contributed by atoms with E-state index in [-0.39, 0.29) is 47.6 Å². The molecule has 2 fully saturated rings. The molecule has 0 amide bonds. The van der Waals surface area contributed by atoms with E-state index in [1.54, 1.807) is 13.8 Å². The van der Waals surface area contributed by atoms with Crippen LogP contribution in [-0.2, 0) is 9.59 Å². The fraction of sp³-hybridized carbons (Fsp3) is 0.688. The van der Waals surface area contributed by atoms with Crippen molar-refractivity contribution in [3.05, 3.63) is 34.4 Å². The SMILES string of the molecule is CC(=O)CN1C(C)(C)CC(c2c(C(=O)[O-])ccc(C(=O)[O-])c2C2CC(C)(C)N(CC(C)=O)C(C)(C)C2)CC1(C)C. The molecular formula is C32H46N2O6-2. The van der Waals surface area contributed by atoms with Gasteiger partial charge >= 0.3 is 0 Å². The Morgan fingerprint density at radius 3 is 1.07 bits per heavy atom. The minimum atomic E-state index is -1.34. The van der Waals surface area contributed by atoms with Gasteiger partial charge in [-0.15, -0.1) is 0 Å². The van der Waals surface area contributed by atoms with E-state index in [4.69, 9.17) is 0 Å². The molecule has 0 spiro atoms. The second-order valence-electron chi connectivity index (χ2n) is 14.6. The fourth-order valence-electron chi connectivity index (χ4n) is 8.22. The van der Waals surface area contributed by atoms with E-state index in [1.165, 1.54) is 12.1 Å². The molecule has 1 aromatic carbocycles. The van der Waals surface area contributed by atoms with Gasteiger partial charge in [-0.05, 0) is 118 Å². The van der Waals surface area contributed by atoms with E-state index in [1.807, 2.05) is 0 Å². The molecule has 0 unspecified atom stereocenters. The maximum absolute atomic E-state index is 12.6. The Morgan fingerprint density at radius 1 is 0.625 bits per heavy atom. The van der Waals surface area contributed by atoms with Crippen LogP contribution in [-0.4, -0.2) is 68.6 Å². The summed E-state index contributed by atoms with van der Waals surface area (Å²) in [4.78, 5) is 53.8. The van der Waals surface area contributed by atoms with Crippen LogP contribution in [0.1, 0.15) is 139 Å². The molecule has 8 nitrogen and oxygen atoms in total. The fourth-order valence-corrected chi connectivity index (χ4v) is 8.22. The van der Waals surface area contributed by atoms with E-state index in [9.17, 15) is 29.4 Å². The van der Waals surface area contributed by atoms with Crippen LogP contribution < -0.4 is 10.2 Å². The van der Waals surface area contributed by atoms with Crippen molar-refractivity contribution >= 4 is 23.5 Å². The van der Waals surface area contributed by atoms with Crippen LogP contribution in [0.25, 0.3) is 0 Å². The lowest BCUT2D eigenvalue weighted by Gasteiger charge is -2.57. The molecule has 2 heterocycles. The zero-order valence-electron chi connectivity index (χ0n) is 25.9. The number of hydrogen-bond acceptors (Lipinski definition) is 8. The Kier molecular flexibility index (Phi) is 8.53. The Balaban J connectivity index is 2.26. The first-order chi connectivity index (χ1) is 18.1. The smallest absolute Gasteiger partial charge is 0.143 e. The number of nitrogens with zero attached hydrogens (tertiary/aromatic N) is 2. The summed E-state index contributed by atoms with van der Waals surface area (Å²) in [5.74, 6) is -3.13. The highest BCUT2D eigenvalue weighted by Gasteiger charge is 2.50. The molecule has 222 valence electrons. The third kappa shape index (κ3) is 6.18. The number of carboxylic acid groups (broad SMARTS) is 2. The molecule has 2 aliphatic rings. The topological polar surface area (TPSA) is 121 Å². The minimum Gasteiger partial charge on any atom is -0.545 e. The highest BCUT2D eigenvalue weighted by molar-refractivity contribution is 5.94. The lowest BCUT2D eigenvalue weighted by Crippen LogP contribution is -2.62. The molecule has 2 saturated heterocycles. The number of benzene rings is 1. The Labute approximate surface area is 239 Å². The first-order valence-electron chi connectivity index (χ1n) is 14.2. The average molecular weight is 555 g/mol. The van der Waals surface area contributed by atoms with Gasteiger partial charge in [-0.1, -0.05) is 12.1 Å². The van der Waals surface area contributed by atoms with E-state index >= 15 is 0 Å². The number of Topliss-reactive ketones (excluding diaryl/α,β-unsaturated/α-hetero) is 2. The van der Waals surface area contributed by atoms with E-state index < -0.39 is 34.1 Å². The van der Waals surface area contributed by atoms with Crippen molar-refractivity contribution in [2.24, 2.45) is 0 Å². The van der Waals surface area contributed by atoms with Crippen LogP contribution >= 0.6 is 0 Å². The Morgan fingerprint density at radius 2 is 0.875 bits per heavy atom. The van der Waals surface area contributed by atoms with Gasteiger partial charge in [0.15, 0.2) is 0 Å². The van der Waals surface area contributed by atoms with Gasteiger partial charge in [-0.2, -0.15) is 0 Å². The third-order valence-electron chi connectivity index (χ3n) is 9.21. The van der Waals surface area contributed by atoms with Crippen molar-refractivity contribution in [2.75, 3.05) is 13.1 Å². The van der Waals surface area contributed by atoms with E-state index in [0.29, 0.717) is 36.8 Å². The molecule has 0 N–H and O–H groups in total. The summed E-state index contributed by atoms with van der Waals surface area (Å²) in [6.45, 7) is 20.1. The zero-order chi connectivity index (χ0) is 30.6. The van der Waals surface area contributed by atoms with Gasteiger partial charge in [-0.3, -0.25) is 19.4 Å². The van der Waals surface area contributed by atoms with Crippen LogP contribution in [0.5, 0.6) is 0 Å². The number of aromatic carboxylic acids is 2. The normalized spacial score (nSPS) is 23.1.